The molecule has 0 aliphatic carbocycles. The highest BCUT2D eigenvalue weighted by Gasteiger charge is 2.09. The predicted molar refractivity (Wildman–Crippen MR) is 80.4 cm³/mol. The van der Waals surface area contributed by atoms with Gasteiger partial charge < -0.3 is 24.3 Å². The quantitative estimate of drug-likeness (QED) is 0.674. The molecule has 1 N–H and O–H groups in total. The molecular formula is C14H22ClNO4. The summed E-state index contributed by atoms with van der Waals surface area (Å²) < 4.78 is 20.7. The summed E-state index contributed by atoms with van der Waals surface area (Å²) in [6, 6.07) is 3.56. The number of ether oxygens (including phenoxy) is 4. The van der Waals surface area contributed by atoms with Gasteiger partial charge in [-0.05, 0) is 12.5 Å². The Hall–Kier alpha value is -1.17. The fourth-order valence-corrected chi connectivity index (χ4v) is 1.88. The van der Waals surface area contributed by atoms with Crippen molar-refractivity contribution in [3.8, 4) is 11.5 Å². The van der Waals surface area contributed by atoms with Crippen LogP contribution in [0.25, 0.3) is 0 Å². The van der Waals surface area contributed by atoms with Gasteiger partial charge in [0.25, 0.3) is 0 Å². The number of benzene rings is 1. The number of methoxy groups -OCH3 is 3. The van der Waals surface area contributed by atoms with E-state index in [0.717, 1.165) is 18.7 Å². The second-order valence-electron chi connectivity index (χ2n) is 4.07. The molecule has 0 aromatic heterocycles. The van der Waals surface area contributed by atoms with Crippen molar-refractivity contribution in [2.75, 3.05) is 53.0 Å². The Kier molecular flexibility index (Phi) is 8.18. The minimum atomic E-state index is 0.548. The van der Waals surface area contributed by atoms with Crippen LogP contribution in [0.1, 0.15) is 6.42 Å². The van der Waals surface area contributed by atoms with Gasteiger partial charge in [0.2, 0.25) is 0 Å². The Labute approximate surface area is 125 Å². The van der Waals surface area contributed by atoms with Crippen molar-refractivity contribution in [3.63, 3.8) is 0 Å². The van der Waals surface area contributed by atoms with E-state index in [9.17, 15) is 0 Å². The van der Waals surface area contributed by atoms with E-state index in [1.54, 1.807) is 33.5 Å². The van der Waals surface area contributed by atoms with E-state index in [1.165, 1.54) is 0 Å². The molecule has 0 atom stereocenters. The molecule has 6 heteroatoms. The lowest BCUT2D eigenvalue weighted by atomic mass is 10.2. The largest absolute Gasteiger partial charge is 0.495 e. The van der Waals surface area contributed by atoms with Gasteiger partial charge in [-0.3, -0.25) is 0 Å². The molecule has 0 fully saturated rings. The van der Waals surface area contributed by atoms with Crippen LogP contribution in [0.5, 0.6) is 11.5 Å². The molecule has 0 aliphatic heterocycles. The fourth-order valence-electron chi connectivity index (χ4n) is 1.64. The zero-order valence-electron chi connectivity index (χ0n) is 12.2. The van der Waals surface area contributed by atoms with Crippen molar-refractivity contribution in [1.82, 2.24) is 0 Å². The first kappa shape index (κ1) is 16.9. The Bertz CT molecular complexity index is 401. The summed E-state index contributed by atoms with van der Waals surface area (Å²) in [6.45, 7) is 2.69. The molecule has 1 rings (SSSR count). The predicted octanol–water partition coefficient (Wildman–Crippen LogP) is 2.82. The lowest BCUT2D eigenvalue weighted by molar-refractivity contribution is 0.0705. The molecule has 0 spiro atoms. The van der Waals surface area contributed by atoms with Crippen LogP contribution in [-0.2, 0) is 9.47 Å². The molecular weight excluding hydrogens is 282 g/mol. The fraction of sp³-hybridized carbons (Fsp3) is 0.571. The van der Waals surface area contributed by atoms with Gasteiger partial charge in [0.15, 0.2) is 0 Å². The molecule has 20 heavy (non-hydrogen) atoms. The third-order valence-corrected chi connectivity index (χ3v) is 2.98. The highest BCUT2D eigenvalue weighted by Crippen LogP contribution is 2.35. The molecule has 0 heterocycles. The normalized spacial score (nSPS) is 10.4. The third kappa shape index (κ3) is 5.45. The van der Waals surface area contributed by atoms with Gasteiger partial charge in [-0.2, -0.15) is 0 Å². The minimum Gasteiger partial charge on any atom is -0.495 e. The lowest BCUT2D eigenvalue weighted by Gasteiger charge is -2.13. The number of hydrogen-bond acceptors (Lipinski definition) is 5. The van der Waals surface area contributed by atoms with Gasteiger partial charge in [-0.1, -0.05) is 11.6 Å². The highest BCUT2D eigenvalue weighted by atomic mass is 35.5. The maximum atomic E-state index is 6.10. The SMILES string of the molecule is COCCOCCCNc1cc(Cl)c(OC)cc1OC. The third-order valence-electron chi connectivity index (χ3n) is 2.69. The molecule has 0 aliphatic rings. The van der Waals surface area contributed by atoms with Crippen molar-refractivity contribution in [3.05, 3.63) is 17.2 Å². The standard InChI is InChI=1S/C14H22ClNO4/c1-17-7-8-20-6-4-5-16-12-9-11(15)13(18-2)10-14(12)19-3/h9-10,16H,4-8H2,1-3H3. The van der Waals surface area contributed by atoms with Crippen LogP contribution in [0, 0.1) is 0 Å². The van der Waals surface area contributed by atoms with Gasteiger partial charge in [-0.15, -0.1) is 0 Å². The van der Waals surface area contributed by atoms with Gasteiger partial charge in [0.1, 0.15) is 11.5 Å². The number of rotatable bonds is 10. The molecule has 0 saturated heterocycles. The van der Waals surface area contributed by atoms with Crippen LogP contribution < -0.4 is 14.8 Å². The van der Waals surface area contributed by atoms with E-state index in [2.05, 4.69) is 5.32 Å². The van der Waals surface area contributed by atoms with E-state index in [0.29, 0.717) is 36.3 Å². The first-order chi connectivity index (χ1) is 9.72. The van der Waals surface area contributed by atoms with Gasteiger partial charge in [0, 0.05) is 26.3 Å². The molecule has 1 aromatic rings. The van der Waals surface area contributed by atoms with Crippen molar-refractivity contribution < 1.29 is 18.9 Å². The molecule has 0 saturated carbocycles. The van der Waals surface area contributed by atoms with E-state index in [4.69, 9.17) is 30.5 Å². The highest BCUT2D eigenvalue weighted by molar-refractivity contribution is 6.32. The summed E-state index contributed by atoms with van der Waals surface area (Å²) >= 11 is 6.10. The maximum Gasteiger partial charge on any atom is 0.145 e. The summed E-state index contributed by atoms with van der Waals surface area (Å²) in [7, 11) is 4.84. The van der Waals surface area contributed by atoms with Gasteiger partial charge in [-0.25, -0.2) is 0 Å². The monoisotopic (exact) mass is 303 g/mol. The van der Waals surface area contributed by atoms with Crippen LogP contribution in [0.4, 0.5) is 5.69 Å². The summed E-state index contributed by atoms with van der Waals surface area (Å²) in [5.41, 5.74) is 0.843. The molecule has 114 valence electrons. The van der Waals surface area contributed by atoms with Crippen LogP contribution in [0.3, 0.4) is 0 Å². The van der Waals surface area contributed by atoms with E-state index < -0.39 is 0 Å². The maximum absolute atomic E-state index is 6.10. The summed E-state index contributed by atoms with van der Waals surface area (Å²) in [5.74, 6) is 1.29. The molecule has 0 unspecified atom stereocenters. The van der Waals surface area contributed by atoms with Crippen molar-refractivity contribution in [2.24, 2.45) is 0 Å². The first-order valence-electron chi connectivity index (χ1n) is 6.45. The summed E-state index contributed by atoms with van der Waals surface area (Å²) in [4.78, 5) is 0. The van der Waals surface area contributed by atoms with Crippen LogP contribution >= 0.6 is 11.6 Å². The van der Waals surface area contributed by atoms with Crippen molar-refractivity contribution in [1.29, 1.82) is 0 Å². The van der Waals surface area contributed by atoms with Crippen LogP contribution in [-0.4, -0.2) is 47.7 Å². The zero-order chi connectivity index (χ0) is 14.8. The topological polar surface area (TPSA) is 49.0 Å². The first-order valence-corrected chi connectivity index (χ1v) is 6.82. The van der Waals surface area contributed by atoms with Crippen LogP contribution in [0.15, 0.2) is 12.1 Å². The van der Waals surface area contributed by atoms with Crippen LogP contribution in [0.2, 0.25) is 5.02 Å². The molecule has 0 amide bonds. The second kappa shape index (κ2) is 9.69. The second-order valence-corrected chi connectivity index (χ2v) is 4.48. The average molecular weight is 304 g/mol. The van der Waals surface area contributed by atoms with E-state index in [1.807, 2.05) is 0 Å². The smallest absolute Gasteiger partial charge is 0.145 e. The van der Waals surface area contributed by atoms with Crippen molar-refractivity contribution >= 4 is 17.3 Å². The minimum absolute atomic E-state index is 0.548. The Morgan fingerprint density at radius 3 is 2.40 bits per heavy atom. The lowest BCUT2D eigenvalue weighted by Crippen LogP contribution is -2.09. The Morgan fingerprint density at radius 1 is 1.00 bits per heavy atom. The number of nitrogens with one attached hydrogen (secondary N) is 1. The molecule has 0 radical (unpaired) electrons. The molecule has 0 bridgehead atoms. The van der Waals surface area contributed by atoms with Gasteiger partial charge >= 0.3 is 0 Å². The number of anilines is 1. The number of hydrogen-bond donors (Lipinski definition) is 1. The van der Waals surface area contributed by atoms with E-state index in [-0.39, 0.29) is 0 Å². The van der Waals surface area contributed by atoms with Crippen molar-refractivity contribution in [2.45, 2.75) is 6.42 Å². The Morgan fingerprint density at radius 2 is 1.75 bits per heavy atom. The number of halogens is 1. The average Bonchev–Trinajstić information content (AvgIpc) is 2.46. The summed E-state index contributed by atoms with van der Waals surface area (Å²) in [6.07, 6.45) is 0.885. The van der Waals surface area contributed by atoms with E-state index >= 15 is 0 Å². The summed E-state index contributed by atoms with van der Waals surface area (Å²) in [5, 5.41) is 3.82. The van der Waals surface area contributed by atoms with Gasteiger partial charge in [0.05, 0.1) is 38.1 Å². The zero-order valence-corrected chi connectivity index (χ0v) is 13.0. The molecule has 5 nitrogen and oxygen atoms in total. The Balaban J connectivity index is 2.41. The molecule has 1 aromatic carbocycles.